The van der Waals surface area contributed by atoms with Gasteiger partial charge in [-0.1, -0.05) is 12.1 Å². The van der Waals surface area contributed by atoms with E-state index in [0.29, 0.717) is 0 Å². The molecule has 2 heteroatoms. The number of aromatic nitrogens is 1. The molecular formula is C8H10FN. The first-order valence-electron chi connectivity index (χ1n) is 2.94. The fourth-order valence-corrected chi connectivity index (χ4v) is 0.667. The van der Waals surface area contributed by atoms with Crippen LogP contribution in [0.2, 0.25) is 0 Å². The predicted molar refractivity (Wildman–Crippen MR) is 40.6 cm³/mol. The lowest BCUT2D eigenvalue weighted by Crippen LogP contribution is -1.82. The maximum Gasteiger partial charge on any atom is 0.0441 e. The molecule has 0 saturated heterocycles. The van der Waals surface area contributed by atoms with Gasteiger partial charge in [-0.15, -0.1) is 6.58 Å². The molecule has 1 heterocycles. The molecule has 0 bridgehead atoms. The zero-order valence-corrected chi connectivity index (χ0v) is 5.66. The molecule has 0 amide bonds. The van der Waals surface area contributed by atoms with E-state index in [9.17, 15) is 0 Å². The molecule has 1 aromatic heterocycles. The van der Waals surface area contributed by atoms with E-state index < -0.39 is 0 Å². The minimum absolute atomic E-state index is 0. The molecule has 0 unspecified atom stereocenters. The number of allylic oxidation sites excluding steroid dienone is 1. The number of hydrogen-bond acceptors (Lipinski definition) is 1. The summed E-state index contributed by atoms with van der Waals surface area (Å²) in [4.78, 5) is 4.10. The van der Waals surface area contributed by atoms with Crippen LogP contribution in [0.1, 0.15) is 5.69 Å². The molecule has 0 aromatic carbocycles. The summed E-state index contributed by atoms with van der Waals surface area (Å²) in [6, 6.07) is 5.88. The molecule has 1 nitrogen and oxygen atoms in total. The van der Waals surface area contributed by atoms with Gasteiger partial charge in [-0.05, 0) is 12.1 Å². The van der Waals surface area contributed by atoms with Crippen molar-refractivity contribution in [1.82, 2.24) is 4.98 Å². The van der Waals surface area contributed by atoms with Crippen LogP contribution in [0.15, 0.2) is 37.1 Å². The highest BCUT2D eigenvalue weighted by Gasteiger charge is 1.83. The average molecular weight is 139 g/mol. The molecule has 0 fully saturated rings. The molecule has 1 rings (SSSR count). The minimum atomic E-state index is 0. The van der Waals surface area contributed by atoms with Crippen LogP contribution in [0.25, 0.3) is 0 Å². The second-order valence-corrected chi connectivity index (χ2v) is 1.81. The summed E-state index contributed by atoms with van der Waals surface area (Å²) in [5, 5.41) is 0. The van der Waals surface area contributed by atoms with Crippen LogP contribution in [-0.2, 0) is 6.42 Å². The lowest BCUT2D eigenvalue weighted by atomic mass is 10.3. The van der Waals surface area contributed by atoms with E-state index in [1.807, 2.05) is 24.3 Å². The van der Waals surface area contributed by atoms with Gasteiger partial charge in [0.15, 0.2) is 0 Å². The zero-order chi connectivity index (χ0) is 6.53. The van der Waals surface area contributed by atoms with E-state index in [1.165, 1.54) is 0 Å². The summed E-state index contributed by atoms with van der Waals surface area (Å²) in [5.41, 5.74) is 1.08. The first-order valence-corrected chi connectivity index (χ1v) is 2.94. The third-order valence-corrected chi connectivity index (χ3v) is 1.08. The van der Waals surface area contributed by atoms with Crippen LogP contribution in [-0.4, -0.2) is 4.98 Å². The number of hydrogen-bond donors (Lipinski definition) is 0. The van der Waals surface area contributed by atoms with Gasteiger partial charge in [0.2, 0.25) is 0 Å². The van der Waals surface area contributed by atoms with E-state index >= 15 is 0 Å². The van der Waals surface area contributed by atoms with Crippen molar-refractivity contribution < 1.29 is 4.70 Å². The predicted octanol–water partition coefficient (Wildman–Crippen LogP) is 1.96. The average Bonchev–Trinajstić information content (AvgIpc) is 1.91. The van der Waals surface area contributed by atoms with E-state index in [2.05, 4.69) is 11.6 Å². The van der Waals surface area contributed by atoms with Gasteiger partial charge in [-0.2, -0.15) is 0 Å². The Bertz CT molecular complexity index is 184. The lowest BCUT2D eigenvalue weighted by Gasteiger charge is -1.90. The summed E-state index contributed by atoms with van der Waals surface area (Å²) in [5.74, 6) is 0. The number of halogens is 1. The van der Waals surface area contributed by atoms with Crippen molar-refractivity contribution >= 4 is 0 Å². The molecule has 1 aromatic rings. The molecular weight excluding hydrogens is 129 g/mol. The van der Waals surface area contributed by atoms with Gasteiger partial charge in [-0.3, -0.25) is 9.69 Å². The van der Waals surface area contributed by atoms with Crippen LogP contribution in [0.3, 0.4) is 0 Å². The second-order valence-electron chi connectivity index (χ2n) is 1.81. The molecule has 0 aliphatic heterocycles. The maximum absolute atomic E-state index is 4.10. The maximum atomic E-state index is 4.10. The summed E-state index contributed by atoms with van der Waals surface area (Å²) in [6.07, 6.45) is 4.50. The number of rotatable bonds is 2. The fraction of sp³-hybridized carbons (Fsp3) is 0.125. The summed E-state index contributed by atoms with van der Waals surface area (Å²) >= 11 is 0. The lowest BCUT2D eigenvalue weighted by molar-refractivity contribution is 1.11. The Morgan fingerprint density at radius 1 is 1.50 bits per heavy atom. The van der Waals surface area contributed by atoms with Crippen LogP contribution in [0.5, 0.6) is 0 Å². The molecule has 0 atom stereocenters. The zero-order valence-electron chi connectivity index (χ0n) is 5.66. The van der Waals surface area contributed by atoms with Crippen LogP contribution in [0, 0.1) is 0 Å². The second kappa shape index (κ2) is 4.68. The molecule has 54 valence electrons. The van der Waals surface area contributed by atoms with Crippen molar-refractivity contribution in [3.05, 3.63) is 42.7 Å². The topological polar surface area (TPSA) is 12.9 Å². The Kier molecular flexibility index (Phi) is 4.12. The summed E-state index contributed by atoms with van der Waals surface area (Å²) in [6.45, 7) is 3.62. The number of pyridine rings is 1. The Morgan fingerprint density at radius 2 is 2.30 bits per heavy atom. The minimum Gasteiger partial charge on any atom is -0.269 e. The largest absolute Gasteiger partial charge is 0.269 e. The van der Waals surface area contributed by atoms with Gasteiger partial charge in [0.05, 0.1) is 0 Å². The SMILES string of the molecule is C=CCc1ccccn1.F. The van der Waals surface area contributed by atoms with Crippen molar-refractivity contribution in [2.45, 2.75) is 6.42 Å². The Morgan fingerprint density at radius 3 is 2.80 bits per heavy atom. The first kappa shape index (κ1) is 8.82. The normalized spacial score (nSPS) is 8.00. The van der Waals surface area contributed by atoms with Crippen LogP contribution in [0.4, 0.5) is 4.70 Å². The fourth-order valence-electron chi connectivity index (χ4n) is 0.667. The summed E-state index contributed by atoms with van der Waals surface area (Å²) in [7, 11) is 0. The molecule has 0 saturated carbocycles. The van der Waals surface area contributed by atoms with Crippen molar-refractivity contribution in [1.29, 1.82) is 0 Å². The van der Waals surface area contributed by atoms with E-state index in [-0.39, 0.29) is 4.70 Å². The van der Waals surface area contributed by atoms with Crippen molar-refractivity contribution in [3.63, 3.8) is 0 Å². The van der Waals surface area contributed by atoms with Gasteiger partial charge in [0.1, 0.15) is 0 Å². The van der Waals surface area contributed by atoms with E-state index in [4.69, 9.17) is 0 Å². The molecule has 0 aliphatic carbocycles. The number of nitrogens with zero attached hydrogens (tertiary/aromatic N) is 1. The molecule has 0 radical (unpaired) electrons. The Labute approximate surface area is 59.8 Å². The molecule has 10 heavy (non-hydrogen) atoms. The van der Waals surface area contributed by atoms with Crippen molar-refractivity contribution in [3.8, 4) is 0 Å². The van der Waals surface area contributed by atoms with Gasteiger partial charge in [-0.25, -0.2) is 0 Å². The molecule has 0 aliphatic rings. The van der Waals surface area contributed by atoms with Crippen molar-refractivity contribution in [2.75, 3.05) is 0 Å². The van der Waals surface area contributed by atoms with E-state index in [0.717, 1.165) is 12.1 Å². The van der Waals surface area contributed by atoms with Gasteiger partial charge < -0.3 is 0 Å². The standard InChI is InChI=1S/C8H9N.FH/c1-2-5-8-6-3-4-7-9-8;/h2-4,6-7H,1,5H2;1H. The van der Waals surface area contributed by atoms with Crippen LogP contribution >= 0.6 is 0 Å². The Hall–Kier alpha value is -1.18. The molecule has 0 N–H and O–H groups in total. The van der Waals surface area contributed by atoms with Crippen LogP contribution < -0.4 is 0 Å². The van der Waals surface area contributed by atoms with Crippen molar-refractivity contribution in [2.24, 2.45) is 0 Å². The highest BCUT2D eigenvalue weighted by molar-refractivity contribution is 5.06. The monoisotopic (exact) mass is 139 g/mol. The third kappa shape index (κ3) is 2.40. The molecule has 0 spiro atoms. The smallest absolute Gasteiger partial charge is 0.0441 e. The van der Waals surface area contributed by atoms with Gasteiger partial charge in [0.25, 0.3) is 0 Å². The quantitative estimate of drug-likeness (QED) is 0.571. The first-order chi connectivity index (χ1) is 4.43. The van der Waals surface area contributed by atoms with Gasteiger partial charge >= 0.3 is 0 Å². The van der Waals surface area contributed by atoms with E-state index in [1.54, 1.807) is 6.20 Å². The Balaban J connectivity index is 0.000000810. The highest BCUT2D eigenvalue weighted by atomic mass is 19.0. The van der Waals surface area contributed by atoms with Gasteiger partial charge in [0, 0.05) is 18.3 Å². The highest BCUT2D eigenvalue weighted by Crippen LogP contribution is 1.93. The summed E-state index contributed by atoms with van der Waals surface area (Å²) < 4.78 is 0. The third-order valence-electron chi connectivity index (χ3n) is 1.08.